The smallest absolute Gasteiger partial charge is 0.0554 e. The molecule has 2 aromatic rings. The van der Waals surface area contributed by atoms with Crippen LogP contribution in [0.1, 0.15) is 33.9 Å². The zero-order chi connectivity index (χ0) is 13.3. The summed E-state index contributed by atoms with van der Waals surface area (Å²) in [5, 5.41) is 0. The van der Waals surface area contributed by atoms with Crippen molar-refractivity contribution in [3.05, 3.63) is 68.7 Å². The van der Waals surface area contributed by atoms with Gasteiger partial charge in [0.25, 0.3) is 0 Å². The molecule has 1 atom stereocenters. The van der Waals surface area contributed by atoms with E-state index in [1.54, 1.807) is 0 Å². The van der Waals surface area contributed by atoms with E-state index in [0.717, 1.165) is 4.47 Å². The first kappa shape index (κ1) is 13.3. The maximum Gasteiger partial charge on any atom is 0.0554 e. The fourth-order valence-electron chi connectivity index (χ4n) is 2.32. The molecule has 0 aliphatic heterocycles. The highest BCUT2D eigenvalue weighted by Gasteiger charge is 2.12. The molecular formula is C16H18BrN. The van der Waals surface area contributed by atoms with Crippen molar-refractivity contribution in [1.82, 2.24) is 0 Å². The lowest BCUT2D eigenvalue weighted by Crippen LogP contribution is -2.13. The summed E-state index contributed by atoms with van der Waals surface area (Å²) in [6, 6.07) is 12.7. The van der Waals surface area contributed by atoms with E-state index < -0.39 is 0 Å². The Morgan fingerprint density at radius 3 is 2.17 bits per heavy atom. The molecule has 0 heterocycles. The van der Waals surface area contributed by atoms with Crippen LogP contribution < -0.4 is 5.73 Å². The van der Waals surface area contributed by atoms with Gasteiger partial charge in [0.05, 0.1) is 6.04 Å². The standard InChI is InChI=1S/C16H18BrN/c1-10-6-11(2)8-13(7-10)16(18)15-9-14(17)5-4-12(15)3/h4-9,16H,18H2,1-3H3. The van der Waals surface area contributed by atoms with E-state index in [4.69, 9.17) is 5.73 Å². The Bertz CT molecular complexity index is 555. The molecule has 0 saturated carbocycles. The highest BCUT2D eigenvalue weighted by atomic mass is 79.9. The Morgan fingerprint density at radius 1 is 0.944 bits per heavy atom. The van der Waals surface area contributed by atoms with Crippen LogP contribution in [0.15, 0.2) is 40.9 Å². The first-order valence-electron chi connectivity index (χ1n) is 6.07. The topological polar surface area (TPSA) is 26.0 Å². The Balaban J connectivity index is 2.47. The van der Waals surface area contributed by atoms with Crippen molar-refractivity contribution in [1.29, 1.82) is 0 Å². The van der Waals surface area contributed by atoms with Gasteiger partial charge in [-0.15, -0.1) is 0 Å². The molecule has 1 nitrogen and oxygen atoms in total. The fraction of sp³-hybridized carbons (Fsp3) is 0.250. The van der Waals surface area contributed by atoms with E-state index in [0.29, 0.717) is 0 Å². The SMILES string of the molecule is Cc1cc(C)cc(C(N)c2cc(Br)ccc2C)c1. The fourth-order valence-corrected chi connectivity index (χ4v) is 2.69. The first-order valence-corrected chi connectivity index (χ1v) is 6.86. The summed E-state index contributed by atoms with van der Waals surface area (Å²) in [4.78, 5) is 0. The van der Waals surface area contributed by atoms with E-state index >= 15 is 0 Å². The molecule has 2 N–H and O–H groups in total. The molecule has 2 heteroatoms. The largest absolute Gasteiger partial charge is 0.320 e. The Labute approximate surface area is 117 Å². The molecule has 0 radical (unpaired) electrons. The average molecular weight is 304 g/mol. The summed E-state index contributed by atoms with van der Waals surface area (Å²) in [6.07, 6.45) is 0. The molecule has 18 heavy (non-hydrogen) atoms. The van der Waals surface area contributed by atoms with Gasteiger partial charge < -0.3 is 5.73 Å². The highest BCUT2D eigenvalue weighted by Crippen LogP contribution is 2.26. The lowest BCUT2D eigenvalue weighted by Gasteiger charge is -2.17. The maximum absolute atomic E-state index is 6.40. The zero-order valence-corrected chi connectivity index (χ0v) is 12.6. The van der Waals surface area contributed by atoms with Crippen LogP contribution in [0, 0.1) is 20.8 Å². The molecule has 0 aromatic heterocycles. The predicted octanol–water partition coefficient (Wildman–Crippen LogP) is 4.42. The van der Waals surface area contributed by atoms with E-state index in [1.165, 1.54) is 27.8 Å². The van der Waals surface area contributed by atoms with Gasteiger partial charge >= 0.3 is 0 Å². The minimum absolute atomic E-state index is 0.0684. The quantitative estimate of drug-likeness (QED) is 0.873. The number of hydrogen-bond acceptors (Lipinski definition) is 1. The normalized spacial score (nSPS) is 12.5. The molecule has 94 valence electrons. The molecular weight excluding hydrogens is 286 g/mol. The molecule has 2 aromatic carbocycles. The Morgan fingerprint density at radius 2 is 1.56 bits per heavy atom. The van der Waals surface area contributed by atoms with Crippen LogP contribution in [-0.2, 0) is 0 Å². The second-order valence-corrected chi connectivity index (χ2v) is 5.82. The van der Waals surface area contributed by atoms with Crippen molar-refractivity contribution in [2.24, 2.45) is 5.73 Å². The van der Waals surface area contributed by atoms with Gasteiger partial charge in [-0.3, -0.25) is 0 Å². The monoisotopic (exact) mass is 303 g/mol. The van der Waals surface area contributed by atoms with Crippen molar-refractivity contribution in [3.8, 4) is 0 Å². The second kappa shape index (κ2) is 5.25. The van der Waals surface area contributed by atoms with Gasteiger partial charge in [0.15, 0.2) is 0 Å². The third-order valence-electron chi connectivity index (χ3n) is 3.18. The molecule has 0 fully saturated rings. The van der Waals surface area contributed by atoms with Crippen LogP contribution >= 0.6 is 15.9 Å². The van der Waals surface area contributed by atoms with Crippen LogP contribution in [0.3, 0.4) is 0 Å². The van der Waals surface area contributed by atoms with Crippen LogP contribution in [0.5, 0.6) is 0 Å². The summed E-state index contributed by atoms with van der Waals surface area (Å²) in [6.45, 7) is 6.32. The second-order valence-electron chi connectivity index (χ2n) is 4.90. The van der Waals surface area contributed by atoms with Crippen molar-refractivity contribution >= 4 is 15.9 Å². The van der Waals surface area contributed by atoms with Crippen molar-refractivity contribution < 1.29 is 0 Å². The van der Waals surface area contributed by atoms with E-state index in [-0.39, 0.29) is 6.04 Å². The molecule has 0 amide bonds. The maximum atomic E-state index is 6.40. The number of benzene rings is 2. The number of halogens is 1. The first-order chi connectivity index (χ1) is 8.47. The van der Waals surface area contributed by atoms with E-state index in [9.17, 15) is 0 Å². The van der Waals surface area contributed by atoms with Gasteiger partial charge in [-0.25, -0.2) is 0 Å². The molecule has 0 spiro atoms. The lowest BCUT2D eigenvalue weighted by molar-refractivity contribution is 0.857. The van der Waals surface area contributed by atoms with E-state index in [2.05, 4.69) is 67.0 Å². The van der Waals surface area contributed by atoms with Gasteiger partial charge in [-0.2, -0.15) is 0 Å². The third-order valence-corrected chi connectivity index (χ3v) is 3.67. The third kappa shape index (κ3) is 2.82. The minimum Gasteiger partial charge on any atom is -0.320 e. The minimum atomic E-state index is -0.0684. The summed E-state index contributed by atoms with van der Waals surface area (Å²) in [5.41, 5.74) is 12.5. The van der Waals surface area contributed by atoms with E-state index in [1.807, 2.05) is 6.07 Å². The van der Waals surface area contributed by atoms with Crippen molar-refractivity contribution in [2.75, 3.05) is 0 Å². The van der Waals surface area contributed by atoms with Gasteiger partial charge in [-0.05, 0) is 49.6 Å². The molecule has 0 bridgehead atoms. The summed E-state index contributed by atoms with van der Waals surface area (Å²) >= 11 is 3.51. The molecule has 0 aliphatic rings. The van der Waals surface area contributed by atoms with Crippen LogP contribution in [0.25, 0.3) is 0 Å². The van der Waals surface area contributed by atoms with Crippen molar-refractivity contribution in [3.63, 3.8) is 0 Å². The summed E-state index contributed by atoms with van der Waals surface area (Å²) in [7, 11) is 0. The van der Waals surface area contributed by atoms with Gasteiger partial charge in [0, 0.05) is 4.47 Å². The zero-order valence-electron chi connectivity index (χ0n) is 11.0. The Kier molecular flexibility index (Phi) is 3.88. The molecule has 2 rings (SSSR count). The van der Waals surface area contributed by atoms with Crippen molar-refractivity contribution in [2.45, 2.75) is 26.8 Å². The van der Waals surface area contributed by atoms with Crippen LogP contribution in [0.2, 0.25) is 0 Å². The van der Waals surface area contributed by atoms with Gasteiger partial charge in [-0.1, -0.05) is 51.3 Å². The number of hydrogen-bond donors (Lipinski definition) is 1. The number of rotatable bonds is 2. The van der Waals surface area contributed by atoms with Crippen LogP contribution in [0.4, 0.5) is 0 Å². The highest BCUT2D eigenvalue weighted by molar-refractivity contribution is 9.10. The predicted molar refractivity (Wildman–Crippen MR) is 80.8 cm³/mol. The number of nitrogens with two attached hydrogens (primary N) is 1. The van der Waals surface area contributed by atoms with Gasteiger partial charge in [0.2, 0.25) is 0 Å². The Hall–Kier alpha value is -1.12. The van der Waals surface area contributed by atoms with Gasteiger partial charge in [0.1, 0.15) is 0 Å². The molecule has 0 aliphatic carbocycles. The lowest BCUT2D eigenvalue weighted by atomic mass is 9.94. The number of aryl methyl sites for hydroxylation is 3. The van der Waals surface area contributed by atoms with Crippen LogP contribution in [-0.4, -0.2) is 0 Å². The summed E-state index contributed by atoms with van der Waals surface area (Å²) in [5.74, 6) is 0. The summed E-state index contributed by atoms with van der Waals surface area (Å²) < 4.78 is 1.07. The molecule has 1 unspecified atom stereocenters. The molecule has 0 saturated heterocycles. The average Bonchev–Trinajstić information content (AvgIpc) is 2.30.